The zero-order valence-electron chi connectivity index (χ0n) is 7.11. The van der Waals surface area contributed by atoms with Gasteiger partial charge in [-0.15, -0.1) is 0 Å². The van der Waals surface area contributed by atoms with Gasteiger partial charge in [0, 0.05) is 0 Å². The average Bonchev–Trinajstić information content (AvgIpc) is 2.14. The lowest BCUT2D eigenvalue weighted by molar-refractivity contribution is -0.319. The maximum atomic E-state index is 12.3. The van der Waals surface area contributed by atoms with E-state index in [1.54, 1.807) is 0 Å². The Hall–Kier alpha value is -0.720. The molecule has 0 heterocycles. The summed E-state index contributed by atoms with van der Waals surface area (Å²) in [5.41, 5.74) is 0. The van der Waals surface area contributed by atoms with Crippen LogP contribution in [0, 0.1) is 0 Å². The largest absolute Gasteiger partial charge is 0.456 e. The van der Waals surface area contributed by atoms with Crippen LogP contribution in [-0.4, -0.2) is 31.9 Å². The fourth-order valence-electron chi connectivity index (χ4n) is 0.523. The van der Waals surface area contributed by atoms with Crippen molar-refractivity contribution in [2.45, 2.75) is 23.5 Å². The molecule has 0 saturated heterocycles. The molecule has 0 aromatic rings. The van der Waals surface area contributed by atoms with Crippen LogP contribution in [0.4, 0.5) is 39.6 Å². The van der Waals surface area contributed by atoms with Gasteiger partial charge in [0.25, 0.3) is 6.17 Å². The second-order valence-electron chi connectivity index (χ2n) is 2.56. The maximum absolute atomic E-state index is 12.3. The minimum Gasteiger partial charge on any atom is -0.232 e. The Morgan fingerprint density at radius 1 is 0.941 bits per heavy atom. The molecule has 0 aliphatic rings. The molecule has 0 N–H and O–H groups in total. The summed E-state index contributed by atoms with van der Waals surface area (Å²) < 4.78 is 128. The summed E-state index contributed by atoms with van der Waals surface area (Å²) in [6, 6.07) is 0. The molecule has 0 amide bonds. The summed E-state index contributed by atoms with van der Waals surface area (Å²) in [5, 5.41) is -6.42. The van der Waals surface area contributed by atoms with Gasteiger partial charge >= 0.3 is 27.5 Å². The van der Waals surface area contributed by atoms with E-state index in [1.165, 1.54) is 4.39 Å². The van der Waals surface area contributed by atoms with Crippen molar-refractivity contribution in [1.29, 1.82) is 0 Å². The van der Waals surface area contributed by atoms with Gasteiger partial charge in [-0.3, -0.25) is 0 Å². The van der Waals surface area contributed by atoms with Gasteiger partial charge in [-0.25, -0.2) is 4.39 Å². The molecule has 0 fully saturated rings. The van der Waals surface area contributed by atoms with Gasteiger partial charge in [0.2, 0.25) is 0 Å². The van der Waals surface area contributed by atoms with Crippen molar-refractivity contribution in [3.63, 3.8) is 0 Å². The number of halogens is 9. The first-order valence-corrected chi connectivity index (χ1v) is 4.64. The number of hydrogen-bond donors (Lipinski definition) is 0. The highest BCUT2D eigenvalue weighted by Gasteiger charge is 2.74. The van der Waals surface area contributed by atoms with E-state index in [-0.39, 0.29) is 0 Å². The molecule has 0 aliphatic heterocycles. The quantitative estimate of drug-likeness (QED) is 0.749. The zero-order chi connectivity index (χ0) is 14.3. The van der Waals surface area contributed by atoms with E-state index in [0.29, 0.717) is 0 Å². The third-order valence-electron chi connectivity index (χ3n) is 1.41. The summed E-state index contributed by atoms with van der Waals surface area (Å²) in [6.45, 7) is 0. The van der Waals surface area contributed by atoms with Gasteiger partial charge < -0.3 is 0 Å². The first-order valence-electron chi connectivity index (χ1n) is 3.23. The second-order valence-corrected chi connectivity index (χ2v) is 4.14. The molecule has 0 saturated carbocycles. The molecule has 104 valence electrons. The van der Waals surface area contributed by atoms with E-state index >= 15 is 0 Å². The van der Waals surface area contributed by atoms with Gasteiger partial charge in [0.05, 0.1) is 0 Å². The van der Waals surface area contributed by atoms with Crippen LogP contribution in [0.2, 0.25) is 0 Å². The molecule has 0 spiro atoms. The Morgan fingerprint density at radius 2 is 1.29 bits per heavy atom. The van der Waals surface area contributed by atoms with Crippen LogP contribution in [0.15, 0.2) is 0 Å². The fourth-order valence-corrected chi connectivity index (χ4v) is 1.01. The Labute approximate surface area is 87.2 Å². The predicted octanol–water partition coefficient (Wildman–Crippen LogP) is 2.35. The Bertz CT molecular complexity index is 370. The Morgan fingerprint density at radius 3 is 1.53 bits per heavy atom. The Balaban J connectivity index is 5.55. The summed E-state index contributed by atoms with van der Waals surface area (Å²) in [5.74, 6) is -6.71. The molecule has 3 nitrogen and oxygen atoms in total. The van der Waals surface area contributed by atoms with Crippen LogP contribution in [0.25, 0.3) is 0 Å². The van der Waals surface area contributed by atoms with E-state index in [4.69, 9.17) is 0 Å². The lowest BCUT2D eigenvalue weighted by Crippen LogP contribution is -2.55. The molecule has 0 rings (SSSR count). The lowest BCUT2D eigenvalue weighted by atomic mass is 10.2. The van der Waals surface area contributed by atoms with Crippen molar-refractivity contribution in [1.82, 2.24) is 0 Å². The topological polar surface area (TPSA) is 43.4 Å². The molecule has 0 bridgehead atoms. The average molecular weight is 300 g/mol. The summed E-state index contributed by atoms with van der Waals surface area (Å²) in [6.07, 6.45) is -12.3. The molecule has 0 aromatic carbocycles. The van der Waals surface area contributed by atoms with E-state index in [0.717, 1.165) is 0 Å². The van der Waals surface area contributed by atoms with E-state index in [1.807, 2.05) is 0 Å². The minimum atomic E-state index is -6.90. The second kappa shape index (κ2) is 4.19. The summed E-state index contributed by atoms with van der Waals surface area (Å²) in [4.78, 5) is 0. The highest BCUT2D eigenvalue weighted by molar-refractivity contribution is 7.87. The first-order chi connectivity index (χ1) is 7.22. The highest BCUT2D eigenvalue weighted by Crippen LogP contribution is 2.46. The third kappa shape index (κ3) is 2.59. The molecule has 1 atom stereocenters. The van der Waals surface area contributed by atoms with Gasteiger partial charge in [0.15, 0.2) is 0 Å². The van der Waals surface area contributed by atoms with Gasteiger partial charge in [-0.05, 0) is 4.53 Å². The van der Waals surface area contributed by atoms with Crippen LogP contribution in [0.1, 0.15) is 0 Å². The highest BCUT2D eigenvalue weighted by atomic mass is 32.2. The normalized spacial score (nSPS) is 17.0. The van der Waals surface area contributed by atoms with Crippen molar-refractivity contribution in [3.05, 3.63) is 0 Å². The zero-order valence-corrected chi connectivity index (χ0v) is 7.93. The van der Waals surface area contributed by atoms with Gasteiger partial charge in [-0.2, -0.15) is 39.2 Å². The van der Waals surface area contributed by atoms with Crippen molar-refractivity contribution in [2.75, 3.05) is 0 Å². The number of hydrogen-bond acceptors (Lipinski definition) is 3. The van der Waals surface area contributed by atoms with Crippen molar-refractivity contribution in [3.8, 4) is 0 Å². The van der Waals surface area contributed by atoms with Crippen molar-refractivity contribution in [2.24, 2.45) is 0 Å². The van der Waals surface area contributed by atoms with Crippen molar-refractivity contribution < 1.29 is 52.5 Å². The molecular weight excluding hydrogens is 299 g/mol. The molecule has 1 unspecified atom stereocenters. The molecule has 0 radical (unpaired) electrons. The first kappa shape index (κ1) is 16.3. The molecule has 13 heteroatoms. The lowest BCUT2D eigenvalue weighted by Gasteiger charge is -2.26. The smallest absolute Gasteiger partial charge is 0.232 e. The number of rotatable bonds is 4. The summed E-state index contributed by atoms with van der Waals surface area (Å²) >= 11 is 0. The molecule has 0 aromatic heterocycles. The summed E-state index contributed by atoms with van der Waals surface area (Å²) in [7, 11) is -6.90. The van der Waals surface area contributed by atoms with Gasteiger partial charge in [0.1, 0.15) is 0 Å². The van der Waals surface area contributed by atoms with Crippen LogP contribution in [0.3, 0.4) is 0 Å². The molecular formula is C4HF9O3S. The monoisotopic (exact) mass is 300 g/mol. The van der Waals surface area contributed by atoms with E-state index < -0.39 is 33.6 Å². The van der Waals surface area contributed by atoms with E-state index in [9.17, 15) is 48.1 Å². The fraction of sp³-hybridized carbons (Fsp3) is 1.00. The Kier molecular flexibility index (Phi) is 4.01. The van der Waals surface area contributed by atoms with Crippen LogP contribution >= 0.6 is 0 Å². The van der Waals surface area contributed by atoms with Crippen LogP contribution in [-0.2, 0) is 14.5 Å². The van der Waals surface area contributed by atoms with Crippen LogP contribution in [0.5, 0.6) is 0 Å². The molecule has 17 heavy (non-hydrogen) atoms. The van der Waals surface area contributed by atoms with E-state index in [2.05, 4.69) is 0 Å². The SMILES string of the molecule is O=S(=O)(OF)C(F)(F)C(F)C(F)(F)C(F)(F)F. The van der Waals surface area contributed by atoms with Crippen LogP contribution < -0.4 is 0 Å². The van der Waals surface area contributed by atoms with Gasteiger partial charge in [-0.1, -0.05) is 4.39 Å². The third-order valence-corrected chi connectivity index (χ3v) is 2.45. The minimum absolute atomic E-state index is 1.51. The standard InChI is InChI=1S/C4HF9O3S/c5-1(2(6,7)4(10,11)12)3(8,9)17(14,15)16-13/h1H. The van der Waals surface area contributed by atoms with Crippen molar-refractivity contribution >= 4 is 10.1 Å². The molecule has 0 aliphatic carbocycles. The number of alkyl halides is 8. The predicted molar refractivity (Wildman–Crippen MR) is 32.0 cm³/mol. The maximum Gasteiger partial charge on any atom is 0.456 e.